The number of hydrogen-bond acceptors (Lipinski definition) is 2. The van der Waals surface area contributed by atoms with E-state index in [9.17, 15) is 0 Å². The van der Waals surface area contributed by atoms with Gasteiger partial charge >= 0.3 is 0 Å². The van der Waals surface area contributed by atoms with Gasteiger partial charge in [0, 0.05) is 23.9 Å². The van der Waals surface area contributed by atoms with Crippen molar-refractivity contribution in [2.45, 2.75) is 44.6 Å². The van der Waals surface area contributed by atoms with E-state index in [1.54, 1.807) is 0 Å². The van der Waals surface area contributed by atoms with E-state index in [4.69, 9.17) is 0 Å². The molecule has 1 aromatic heterocycles. The predicted octanol–water partition coefficient (Wildman–Crippen LogP) is 3.21. The van der Waals surface area contributed by atoms with Crippen LogP contribution >= 0.6 is 0 Å². The van der Waals surface area contributed by atoms with Gasteiger partial charge < -0.3 is 5.32 Å². The van der Waals surface area contributed by atoms with E-state index in [2.05, 4.69) is 36.4 Å². The van der Waals surface area contributed by atoms with Crippen LogP contribution in [0.4, 0.5) is 0 Å². The van der Waals surface area contributed by atoms with Gasteiger partial charge in [-0.05, 0) is 49.8 Å². The van der Waals surface area contributed by atoms with E-state index in [0.717, 1.165) is 17.8 Å². The first-order valence-corrected chi connectivity index (χ1v) is 7.41. The molecule has 4 unspecified atom stereocenters. The summed E-state index contributed by atoms with van der Waals surface area (Å²) in [7, 11) is 2.12. The largest absolute Gasteiger partial charge is 0.316 e. The monoisotopic (exact) mass is 244 g/mol. The van der Waals surface area contributed by atoms with E-state index in [-0.39, 0.29) is 0 Å². The Labute approximate surface area is 110 Å². The van der Waals surface area contributed by atoms with Crippen LogP contribution in [0.25, 0.3) is 0 Å². The molecule has 1 N–H and O–H groups in total. The van der Waals surface area contributed by atoms with Gasteiger partial charge in [-0.25, -0.2) is 0 Å². The van der Waals surface area contributed by atoms with Crippen LogP contribution in [0, 0.1) is 17.8 Å². The zero-order valence-corrected chi connectivity index (χ0v) is 11.5. The van der Waals surface area contributed by atoms with Gasteiger partial charge in [-0.3, -0.25) is 4.98 Å². The fourth-order valence-corrected chi connectivity index (χ4v) is 4.19. The number of nitrogens with one attached hydrogen (secondary N) is 1. The molecular formula is C16H24N2. The Kier molecular flexibility index (Phi) is 3.38. The summed E-state index contributed by atoms with van der Waals surface area (Å²) in [6, 6.07) is 6.88. The molecule has 2 nitrogen and oxygen atoms in total. The summed E-state index contributed by atoms with van der Waals surface area (Å²) in [6.07, 6.45) is 7.74. The van der Waals surface area contributed by atoms with Gasteiger partial charge in [0.05, 0.1) is 0 Å². The van der Waals surface area contributed by atoms with Crippen LogP contribution in [0.1, 0.15) is 44.2 Å². The molecule has 0 saturated heterocycles. The van der Waals surface area contributed by atoms with Crippen molar-refractivity contribution in [3.63, 3.8) is 0 Å². The molecule has 1 aromatic rings. The summed E-state index contributed by atoms with van der Waals surface area (Å²) in [4.78, 5) is 4.54. The highest BCUT2D eigenvalue weighted by molar-refractivity contribution is 5.16. The third-order valence-electron chi connectivity index (χ3n) is 5.16. The smallest absolute Gasteiger partial charge is 0.0447 e. The molecule has 2 fully saturated rings. The molecule has 2 aliphatic rings. The van der Waals surface area contributed by atoms with Crippen molar-refractivity contribution in [1.29, 1.82) is 0 Å². The van der Waals surface area contributed by atoms with Crippen molar-refractivity contribution < 1.29 is 0 Å². The van der Waals surface area contributed by atoms with Gasteiger partial charge in [-0.15, -0.1) is 0 Å². The van der Waals surface area contributed by atoms with Gasteiger partial charge in [-0.2, -0.15) is 0 Å². The van der Waals surface area contributed by atoms with Crippen LogP contribution in [-0.4, -0.2) is 18.1 Å². The van der Waals surface area contributed by atoms with E-state index < -0.39 is 0 Å². The first-order chi connectivity index (χ1) is 8.83. The van der Waals surface area contributed by atoms with Gasteiger partial charge in [0.15, 0.2) is 0 Å². The highest BCUT2D eigenvalue weighted by Crippen LogP contribution is 2.58. The lowest BCUT2D eigenvalue weighted by molar-refractivity contribution is 0.401. The van der Waals surface area contributed by atoms with Crippen LogP contribution in [0.5, 0.6) is 0 Å². The van der Waals surface area contributed by atoms with E-state index >= 15 is 0 Å². The quantitative estimate of drug-likeness (QED) is 0.879. The molecule has 0 radical (unpaired) electrons. The van der Waals surface area contributed by atoms with Crippen LogP contribution in [0.15, 0.2) is 24.4 Å². The lowest BCUT2D eigenvalue weighted by atomic mass is 9.92. The van der Waals surface area contributed by atoms with Gasteiger partial charge in [0.25, 0.3) is 0 Å². The van der Waals surface area contributed by atoms with E-state index in [0.29, 0.717) is 12.0 Å². The summed E-state index contributed by atoms with van der Waals surface area (Å²) in [6.45, 7) is 2.33. The average molecular weight is 244 g/mol. The Morgan fingerprint density at radius 3 is 2.50 bits per heavy atom. The number of pyridine rings is 1. The minimum absolute atomic E-state index is 0.520. The van der Waals surface area contributed by atoms with Crippen LogP contribution in [0.3, 0.4) is 0 Å². The molecule has 98 valence electrons. The zero-order valence-electron chi connectivity index (χ0n) is 11.5. The number of aromatic nitrogens is 1. The first kappa shape index (κ1) is 12.2. The lowest BCUT2D eigenvalue weighted by Gasteiger charge is -2.24. The minimum atomic E-state index is 0.520. The highest BCUT2D eigenvalue weighted by atomic mass is 14.9. The molecule has 0 aliphatic heterocycles. The molecule has 1 heterocycles. The van der Waals surface area contributed by atoms with Crippen LogP contribution in [0.2, 0.25) is 0 Å². The summed E-state index contributed by atoms with van der Waals surface area (Å²) in [5.41, 5.74) is 1.24. The fraction of sp³-hybridized carbons (Fsp3) is 0.688. The minimum Gasteiger partial charge on any atom is -0.316 e. The van der Waals surface area contributed by atoms with Crippen molar-refractivity contribution in [1.82, 2.24) is 10.3 Å². The summed E-state index contributed by atoms with van der Waals surface area (Å²) < 4.78 is 0. The third kappa shape index (κ3) is 2.07. The topological polar surface area (TPSA) is 24.9 Å². The predicted molar refractivity (Wildman–Crippen MR) is 74.4 cm³/mol. The maximum absolute atomic E-state index is 4.54. The molecule has 2 saturated carbocycles. The second-order valence-electron chi connectivity index (χ2n) is 6.05. The molecule has 3 rings (SSSR count). The first-order valence-electron chi connectivity index (χ1n) is 7.41. The third-order valence-corrected chi connectivity index (χ3v) is 5.16. The van der Waals surface area contributed by atoms with Gasteiger partial charge in [0.2, 0.25) is 0 Å². The zero-order chi connectivity index (χ0) is 12.5. The Balaban J connectivity index is 1.73. The molecule has 2 heteroatoms. The normalized spacial score (nSPS) is 33.6. The van der Waals surface area contributed by atoms with Crippen molar-refractivity contribution >= 4 is 0 Å². The maximum atomic E-state index is 4.54. The molecule has 18 heavy (non-hydrogen) atoms. The lowest BCUT2D eigenvalue weighted by Crippen LogP contribution is -2.34. The van der Waals surface area contributed by atoms with Crippen molar-refractivity contribution in [2.75, 3.05) is 7.05 Å². The van der Waals surface area contributed by atoms with E-state index in [1.807, 2.05) is 12.3 Å². The Bertz CT molecular complexity index is 377. The van der Waals surface area contributed by atoms with Gasteiger partial charge in [-0.1, -0.05) is 25.8 Å². The Morgan fingerprint density at radius 2 is 1.94 bits per heavy atom. The van der Waals surface area contributed by atoms with Crippen molar-refractivity contribution in [3.05, 3.63) is 30.1 Å². The number of nitrogens with zero attached hydrogens (tertiary/aromatic N) is 1. The van der Waals surface area contributed by atoms with Crippen molar-refractivity contribution in [3.8, 4) is 0 Å². The molecule has 0 spiro atoms. The number of fused-ring (bicyclic) bond motifs is 1. The second kappa shape index (κ2) is 5.00. The molecule has 0 aromatic carbocycles. The summed E-state index contributed by atoms with van der Waals surface area (Å²) in [5, 5.41) is 3.58. The highest BCUT2D eigenvalue weighted by Gasteiger charge is 2.54. The number of rotatable bonds is 4. The maximum Gasteiger partial charge on any atom is 0.0447 e. The Morgan fingerprint density at radius 1 is 1.22 bits per heavy atom. The van der Waals surface area contributed by atoms with Crippen LogP contribution < -0.4 is 5.32 Å². The molecular weight excluding hydrogens is 220 g/mol. The van der Waals surface area contributed by atoms with Crippen molar-refractivity contribution in [2.24, 2.45) is 17.8 Å². The molecule has 0 bridgehead atoms. The molecule has 4 atom stereocenters. The second-order valence-corrected chi connectivity index (χ2v) is 6.05. The summed E-state index contributed by atoms with van der Waals surface area (Å²) in [5.74, 6) is 3.42. The SMILES string of the molecule is CNC(C(C)c1ccccn1)C1C2CCCCC21. The molecule has 0 amide bonds. The number of hydrogen-bond donors (Lipinski definition) is 1. The molecule has 2 aliphatic carbocycles. The Hall–Kier alpha value is -0.890. The average Bonchev–Trinajstić information content (AvgIpc) is 3.15. The standard InChI is InChI=1S/C16H24N2/c1-11(14-9-5-6-10-18-14)16(17-2)15-12-7-3-4-8-13(12)15/h5-6,9-13,15-17H,3-4,7-8H2,1-2H3. The van der Waals surface area contributed by atoms with Gasteiger partial charge in [0.1, 0.15) is 0 Å². The number of likely N-dealkylation sites (N-methyl/N-ethyl adjacent to an activating group) is 1. The van der Waals surface area contributed by atoms with Crippen LogP contribution in [-0.2, 0) is 0 Å². The fourth-order valence-electron chi connectivity index (χ4n) is 4.19. The van der Waals surface area contributed by atoms with E-state index in [1.165, 1.54) is 31.4 Å². The summed E-state index contributed by atoms with van der Waals surface area (Å²) >= 11 is 0.